The lowest BCUT2D eigenvalue weighted by Gasteiger charge is -2.33. The maximum absolute atomic E-state index is 12.2. The summed E-state index contributed by atoms with van der Waals surface area (Å²) in [5.74, 6) is 1.19. The first kappa shape index (κ1) is 108. The van der Waals surface area contributed by atoms with Gasteiger partial charge < -0.3 is 138 Å². The highest BCUT2D eigenvalue weighted by Gasteiger charge is 2.43. The van der Waals surface area contributed by atoms with Gasteiger partial charge in [-0.15, -0.1) is 0 Å². The van der Waals surface area contributed by atoms with Crippen LogP contribution in [0.25, 0.3) is 33.4 Å². The van der Waals surface area contributed by atoms with E-state index < -0.39 is 11.0 Å². The van der Waals surface area contributed by atoms with E-state index in [2.05, 4.69) is 66.0 Å². The summed E-state index contributed by atoms with van der Waals surface area (Å²) in [5.41, 5.74) is 8.33. The first-order valence-electron chi connectivity index (χ1n) is 44.0. The SMILES string of the molecule is COCCOCCOCCOCCOCCOCCOCCOCCOCCOCCOCCOCCCC1(CCCOCCOCCOCCOCCOCCOCCOCCOCCOCCOCCOCCOC)c2cc(-c3ccc(OCCCCNC(C)=O)cc3)ccc2-c2ccc(-c3ccc(OCCOCCC(=O)OC(C)(C)C)cc3)cc21. The summed E-state index contributed by atoms with van der Waals surface area (Å²) in [6, 6.07) is 30.2. The van der Waals surface area contributed by atoms with Gasteiger partial charge in [0.25, 0.3) is 0 Å². The van der Waals surface area contributed by atoms with E-state index >= 15 is 0 Å². The molecular formula is C92H149NO30. The fourth-order valence-corrected chi connectivity index (χ4v) is 12.4. The average Bonchev–Trinajstić information content (AvgIpc) is 1.56. The van der Waals surface area contributed by atoms with E-state index in [9.17, 15) is 9.59 Å². The number of unbranched alkanes of at least 4 members (excludes halogenated alkanes) is 1. The number of nitrogens with one attached hydrogen (secondary N) is 1. The Morgan fingerprint density at radius 3 is 0.789 bits per heavy atom. The van der Waals surface area contributed by atoms with Crippen LogP contribution in [0.1, 0.15) is 83.8 Å². The van der Waals surface area contributed by atoms with E-state index in [1.54, 1.807) is 14.2 Å². The Balaban J connectivity index is 1.03. The molecule has 0 unspecified atom stereocenters. The molecule has 0 heterocycles. The van der Waals surface area contributed by atoms with Gasteiger partial charge in [-0.05, 0) is 140 Å². The van der Waals surface area contributed by atoms with Crippen molar-refractivity contribution in [2.75, 3.05) is 351 Å². The van der Waals surface area contributed by atoms with Crippen LogP contribution in [0.5, 0.6) is 11.5 Å². The van der Waals surface area contributed by atoms with Gasteiger partial charge in [-0.1, -0.05) is 48.5 Å². The minimum absolute atomic E-state index is 0.0306. The molecule has 1 aliphatic carbocycles. The molecule has 0 saturated heterocycles. The first-order valence-corrected chi connectivity index (χ1v) is 44.0. The number of benzene rings is 4. The van der Waals surface area contributed by atoms with Crippen LogP contribution in [0.3, 0.4) is 0 Å². The molecule has 1 amide bonds. The fourth-order valence-electron chi connectivity index (χ4n) is 12.4. The summed E-state index contributed by atoms with van der Waals surface area (Å²) in [7, 11) is 3.29. The van der Waals surface area contributed by atoms with Crippen LogP contribution < -0.4 is 14.8 Å². The molecule has 31 heteroatoms. The average molecular weight is 1750 g/mol. The highest BCUT2D eigenvalue weighted by molar-refractivity contribution is 5.86. The van der Waals surface area contributed by atoms with Gasteiger partial charge in [0.2, 0.25) is 5.91 Å². The molecule has 1 aliphatic rings. The van der Waals surface area contributed by atoms with E-state index in [-0.39, 0.29) is 24.9 Å². The summed E-state index contributed by atoms with van der Waals surface area (Å²) in [5, 5.41) is 2.86. The summed E-state index contributed by atoms with van der Waals surface area (Å²) in [6.07, 6.45) is 5.04. The standard InChI is InChI=1S/C92H149NO30/c1-79(94)93-26-7-8-29-121-84-17-11-80(12-18-84)82-15-21-86-87-22-16-83(81-13-19-85(20-14-81)122-76-75-100-30-23-90(95)123-91(2,3)4)78-89(87)92(88(86)77-82,24-9-27-98-35-37-103-43-45-107-51-53-111-59-61-115-67-69-119-73-71-117-65-63-113-57-55-109-49-47-105-41-39-101-33-31-96-5)25-10-28-99-36-38-104-44-46-108-52-54-112-60-62-116-68-70-120-74-72-118-66-64-114-58-56-110-50-48-106-42-40-102-34-32-97-6/h11-22,77-78H,7-10,23-76H2,1-6H3,(H,93,94). The Kier molecular flexibility index (Phi) is 66.2. The van der Waals surface area contributed by atoms with Crippen LogP contribution in [0, 0.1) is 0 Å². The van der Waals surface area contributed by atoms with Crippen molar-refractivity contribution in [2.45, 2.75) is 83.7 Å². The Labute approximate surface area is 731 Å². The van der Waals surface area contributed by atoms with E-state index in [0.717, 1.165) is 72.3 Å². The van der Waals surface area contributed by atoms with E-state index in [1.165, 1.54) is 29.2 Å². The number of carbonyl (C=O) groups is 2. The monoisotopic (exact) mass is 1750 g/mol. The molecule has 0 bridgehead atoms. The van der Waals surface area contributed by atoms with Crippen LogP contribution in [0.4, 0.5) is 0 Å². The lowest BCUT2D eigenvalue weighted by Crippen LogP contribution is -2.27. The predicted octanol–water partition coefficient (Wildman–Crippen LogP) is 9.93. The molecule has 31 nitrogen and oxygen atoms in total. The number of hydrogen-bond donors (Lipinski definition) is 1. The van der Waals surface area contributed by atoms with Gasteiger partial charge in [0.05, 0.1) is 317 Å². The van der Waals surface area contributed by atoms with Crippen LogP contribution in [-0.4, -0.2) is 369 Å². The maximum atomic E-state index is 12.2. The van der Waals surface area contributed by atoms with Gasteiger partial charge in [0.15, 0.2) is 0 Å². The number of methoxy groups -OCH3 is 2. The van der Waals surface area contributed by atoms with Crippen LogP contribution >= 0.6 is 0 Å². The molecule has 0 atom stereocenters. The normalized spacial score (nSPS) is 12.4. The molecule has 0 aromatic heterocycles. The second-order valence-corrected chi connectivity index (χ2v) is 29.2. The molecule has 702 valence electrons. The van der Waals surface area contributed by atoms with Gasteiger partial charge in [0, 0.05) is 46.3 Å². The number of hydrogen-bond acceptors (Lipinski definition) is 30. The molecular weight excluding hydrogens is 1600 g/mol. The van der Waals surface area contributed by atoms with Crippen molar-refractivity contribution >= 4 is 11.9 Å². The van der Waals surface area contributed by atoms with Crippen LogP contribution in [0.2, 0.25) is 0 Å². The molecule has 0 radical (unpaired) electrons. The number of rotatable bonds is 89. The number of carbonyl (C=O) groups excluding carboxylic acids is 2. The smallest absolute Gasteiger partial charge is 0.308 e. The quantitative estimate of drug-likeness (QED) is 0.0317. The lowest BCUT2D eigenvalue weighted by molar-refractivity contribution is -0.156. The maximum Gasteiger partial charge on any atom is 0.308 e. The van der Waals surface area contributed by atoms with Crippen molar-refractivity contribution in [1.29, 1.82) is 0 Å². The predicted molar refractivity (Wildman–Crippen MR) is 464 cm³/mol. The topological polar surface area (TPSA) is 305 Å². The third-order valence-electron chi connectivity index (χ3n) is 18.4. The van der Waals surface area contributed by atoms with Crippen LogP contribution in [-0.2, 0) is 138 Å². The zero-order valence-corrected chi connectivity index (χ0v) is 74.8. The Morgan fingerprint density at radius 1 is 0.276 bits per heavy atom. The zero-order valence-electron chi connectivity index (χ0n) is 74.8. The molecule has 1 N–H and O–H groups in total. The first-order chi connectivity index (χ1) is 60.5. The molecule has 0 fully saturated rings. The van der Waals surface area contributed by atoms with Gasteiger partial charge in [-0.3, -0.25) is 9.59 Å². The number of fused-ring (bicyclic) bond motifs is 3. The summed E-state index contributed by atoms with van der Waals surface area (Å²) in [4.78, 5) is 23.6. The second-order valence-electron chi connectivity index (χ2n) is 29.2. The molecule has 5 rings (SSSR count). The number of esters is 1. The minimum Gasteiger partial charge on any atom is -0.494 e. The van der Waals surface area contributed by atoms with Crippen molar-refractivity contribution in [2.24, 2.45) is 0 Å². The molecule has 123 heavy (non-hydrogen) atoms. The highest BCUT2D eigenvalue weighted by Crippen LogP contribution is 2.55. The molecule has 0 saturated carbocycles. The van der Waals surface area contributed by atoms with E-state index in [4.69, 9.17) is 133 Å². The summed E-state index contributed by atoms with van der Waals surface area (Å²) >= 11 is 0. The summed E-state index contributed by atoms with van der Waals surface area (Å²) < 4.78 is 158. The highest BCUT2D eigenvalue weighted by atomic mass is 16.6. The molecule has 0 aliphatic heterocycles. The van der Waals surface area contributed by atoms with Gasteiger partial charge in [-0.2, -0.15) is 0 Å². The number of ether oxygens (including phenoxy) is 28. The Morgan fingerprint density at radius 2 is 0.520 bits per heavy atom. The van der Waals surface area contributed by atoms with Gasteiger partial charge >= 0.3 is 5.97 Å². The zero-order chi connectivity index (χ0) is 87.3. The van der Waals surface area contributed by atoms with Crippen LogP contribution in [0.15, 0.2) is 84.9 Å². The Bertz CT molecular complexity index is 3040. The molecule has 4 aromatic rings. The van der Waals surface area contributed by atoms with Crippen molar-refractivity contribution in [3.8, 4) is 44.9 Å². The summed E-state index contributed by atoms with van der Waals surface area (Å²) in [6.45, 7) is 31.5. The van der Waals surface area contributed by atoms with E-state index in [1.807, 2.05) is 45.0 Å². The van der Waals surface area contributed by atoms with Crippen molar-refractivity contribution < 1.29 is 142 Å². The van der Waals surface area contributed by atoms with Gasteiger partial charge in [0.1, 0.15) is 23.7 Å². The largest absolute Gasteiger partial charge is 0.494 e. The Hall–Kier alpha value is -5.58. The van der Waals surface area contributed by atoms with Gasteiger partial charge in [-0.25, -0.2) is 0 Å². The third kappa shape index (κ3) is 55.7. The fraction of sp³-hybridized carbons (Fsp3) is 0.717. The van der Waals surface area contributed by atoms with Crippen molar-refractivity contribution in [3.63, 3.8) is 0 Å². The third-order valence-corrected chi connectivity index (χ3v) is 18.4. The van der Waals surface area contributed by atoms with Crippen molar-refractivity contribution in [3.05, 3.63) is 96.1 Å². The second kappa shape index (κ2) is 75.4. The van der Waals surface area contributed by atoms with E-state index in [0.29, 0.717) is 330 Å². The number of amides is 1. The molecule has 4 aromatic carbocycles. The lowest BCUT2D eigenvalue weighted by atomic mass is 9.70. The molecule has 0 spiro atoms. The van der Waals surface area contributed by atoms with Crippen molar-refractivity contribution in [1.82, 2.24) is 5.32 Å². The minimum atomic E-state index is -0.544.